The van der Waals surface area contributed by atoms with Gasteiger partial charge in [-0.3, -0.25) is 14.2 Å². The van der Waals surface area contributed by atoms with Crippen molar-refractivity contribution in [2.75, 3.05) is 0 Å². The van der Waals surface area contributed by atoms with Crippen molar-refractivity contribution in [3.05, 3.63) is 111 Å². The van der Waals surface area contributed by atoms with Crippen LogP contribution < -0.4 is 5.32 Å². The number of halogens is 2. The van der Waals surface area contributed by atoms with Crippen LogP contribution in [0.25, 0.3) is 17.0 Å². The molecule has 0 bridgehead atoms. The zero-order valence-corrected chi connectivity index (χ0v) is 22.3. The largest absolute Gasteiger partial charge is 0.345 e. The standard InChI is InChI=1S/C13H12BrN3O.C13H10BrN3/c1-9-3-2-4-12(17-9)13(18)16-8-11-6-5-10(14)7-15-11;1-9-3-2-4-12(16-9)13-15-7-11-6-5-10(14)8-17(11)13/h2-7H,8H2,1H3,(H,16,18);2-8H,1H3. The van der Waals surface area contributed by atoms with Crippen molar-refractivity contribution in [3.8, 4) is 11.5 Å². The number of aromatic nitrogens is 5. The fraction of sp³-hybridized carbons (Fsp3) is 0.115. The van der Waals surface area contributed by atoms with Crippen LogP contribution in [0.4, 0.5) is 0 Å². The number of aryl methyl sites for hydroxylation is 2. The van der Waals surface area contributed by atoms with E-state index in [2.05, 4.69) is 57.1 Å². The fourth-order valence-corrected chi connectivity index (χ4v) is 3.83. The second-order valence-corrected chi connectivity index (χ2v) is 9.53. The molecule has 0 aliphatic heterocycles. The SMILES string of the molecule is Cc1cccc(-c2ncc3ccc(Br)cn23)n1.Cc1cccc(C(=O)NCc2ccc(Br)cn2)n1. The molecule has 0 aliphatic carbocycles. The number of rotatable bonds is 4. The Kier molecular flexibility index (Phi) is 7.99. The number of nitrogens with zero attached hydrogens (tertiary/aromatic N) is 5. The van der Waals surface area contributed by atoms with Crippen molar-refractivity contribution in [2.24, 2.45) is 0 Å². The van der Waals surface area contributed by atoms with Gasteiger partial charge in [0.1, 0.15) is 11.4 Å². The van der Waals surface area contributed by atoms with Gasteiger partial charge in [-0.05, 0) is 94.2 Å². The molecule has 5 aromatic heterocycles. The number of amides is 1. The minimum absolute atomic E-state index is 0.191. The Hall–Kier alpha value is -3.43. The van der Waals surface area contributed by atoms with Gasteiger partial charge in [-0.2, -0.15) is 0 Å². The number of hydrogen-bond acceptors (Lipinski definition) is 5. The molecule has 5 heterocycles. The number of pyridine rings is 4. The van der Waals surface area contributed by atoms with Crippen molar-refractivity contribution >= 4 is 43.3 Å². The third-order valence-corrected chi connectivity index (χ3v) is 5.89. The average molecular weight is 594 g/mol. The van der Waals surface area contributed by atoms with Crippen molar-refractivity contribution in [1.82, 2.24) is 29.7 Å². The maximum absolute atomic E-state index is 11.8. The number of carbonyl (C=O) groups excluding carboxylic acids is 1. The molecular formula is C26H22Br2N6O. The molecular weight excluding hydrogens is 572 g/mol. The number of hydrogen-bond donors (Lipinski definition) is 1. The molecule has 9 heteroatoms. The Labute approximate surface area is 220 Å². The van der Waals surface area contributed by atoms with E-state index in [9.17, 15) is 4.79 Å². The number of carbonyl (C=O) groups is 1. The van der Waals surface area contributed by atoms with Crippen molar-refractivity contribution in [3.63, 3.8) is 0 Å². The molecule has 0 saturated heterocycles. The van der Waals surface area contributed by atoms with Crippen LogP contribution in [0.15, 0.2) is 88.2 Å². The Bertz CT molecular complexity index is 1470. The first-order valence-corrected chi connectivity index (χ1v) is 12.4. The van der Waals surface area contributed by atoms with Gasteiger partial charge in [0, 0.05) is 32.7 Å². The molecule has 0 radical (unpaired) electrons. The second kappa shape index (κ2) is 11.3. The maximum Gasteiger partial charge on any atom is 0.270 e. The highest BCUT2D eigenvalue weighted by Gasteiger charge is 2.08. The maximum atomic E-state index is 11.8. The molecule has 0 unspecified atom stereocenters. The Morgan fingerprint density at radius 2 is 1.60 bits per heavy atom. The molecule has 176 valence electrons. The Morgan fingerprint density at radius 3 is 2.31 bits per heavy atom. The van der Waals surface area contributed by atoms with Crippen molar-refractivity contribution in [2.45, 2.75) is 20.4 Å². The summed E-state index contributed by atoms with van der Waals surface area (Å²) in [5, 5.41) is 2.78. The lowest BCUT2D eigenvalue weighted by Gasteiger charge is -2.04. The third-order valence-electron chi connectivity index (χ3n) is 4.95. The number of nitrogens with one attached hydrogen (secondary N) is 1. The number of imidazole rings is 1. The van der Waals surface area contributed by atoms with E-state index in [4.69, 9.17) is 0 Å². The van der Waals surface area contributed by atoms with Gasteiger partial charge in [0.2, 0.25) is 0 Å². The average Bonchev–Trinajstić information content (AvgIpc) is 3.27. The van der Waals surface area contributed by atoms with Crippen molar-refractivity contribution in [1.29, 1.82) is 0 Å². The monoisotopic (exact) mass is 592 g/mol. The smallest absolute Gasteiger partial charge is 0.270 e. The first-order valence-electron chi connectivity index (χ1n) is 10.8. The number of fused-ring (bicyclic) bond motifs is 1. The van der Waals surface area contributed by atoms with Gasteiger partial charge in [0.05, 0.1) is 24.0 Å². The lowest BCUT2D eigenvalue weighted by atomic mass is 10.3. The highest BCUT2D eigenvalue weighted by atomic mass is 79.9. The summed E-state index contributed by atoms with van der Waals surface area (Å²) in [4.78, 5) is 29.1. The van der Waals surface area contributed by atoms with E-state index in [0.29, 0.717) is 12.2 Å². The summed E-state index contributed by atoms with van der Waals surface area (Å²) in [7, 11) is 0. The van der Waals surface area contributed by atoms with Crippen LogP contribution in [0, 0.1) is 13.8 Å². The zero-order chi connectivity index (χ0) is 24.8. The van der Waals surface area contributed by atoms with E-state index < -0.39 is 0 Å². The lowest BCUT2D eigenvalue weighted by molar-refractivity contribution is 0.0945. The fourth-order valence-electron chi connectivity index (χ4n) is 3.26. The minimum Gasteiger partial charge on any atom is -0.345 e. The molecule has 0 atom stereocenters. The Morgan fingerprint density at radius 1 is 0.857 bits per heavy atom. The van der Waals surface area contributed by atoms with Crippen LogP contribution in [0.5, 0.6) is 0 Å². The van der Waals surface area contributed by atoms with Gasteiger partial charge in [-0.25, -0.2) is 15.0 Å². The lowest BCUT2D eigenvalue weighted by Crippen LogP contribution is -2.24. The molecule has 5 rings (SSSR count). The molecule has 0 aliphatic rings. The Balaban J connectivity index is 0.000000165. The van der Waals surface area contributed by atoms with Crippen LogP contribution in [-0.2, 0) is 6.54 Å². The topological polar surface area (TPSA) is 85.1 Å². The van der Waals surface area contributed by atoms with Crippen LogP contribution >= 0.6 is 31.9 Å². The molecule has 5 aromatic rings. The molecule has 0 saturated carbocycles. The van der Waals surface area contributed by atoms with Crippen molar-refractivity contribution < 1.29 is 4.79 Å². The summed E-state index contributed by atoms with van der Waals surface area (Å²) >= 11 is 6.78. The summed E-state index contributed by atoms with van der Waals surface area (Å²) < 4.78 is 3.97. The molecule has 1 amide bonds. The van der Waals surface area contributed by atoms with Gasteiger partial charge in [-0.15, -0.1) is 0 Å². The van der Waals surface area contributed by atoms with Crippen LogP contribution in [0.1, 0.15) is 27.6 Å². The van der Waals surface area contributed by atoms with Gasteiger partial charge in [0.25, 0.3) is 5.91 Å². The van der Waals surface area contributed by atoms with Gasteiger partial charge in [-0.1, -0.05) is 12.1 Å². The van der Waals surface area contributed by atoms with Gasteiger partial charge >= 0.3 is 0 Å². The highest BCUT2D eigenvalue weighted by molar-refractivity contribution is 9.10. The summed E-state index contributed by atoms with van der Waals surface area (Å²) in [6, 6.07) is 19.1. The quantitative estimate of drug-likeness (QED) is 0.278. The molecule has 0 spiro atoms. The van der Waals surface area contributed by atoms with E-state index in [1.54, 1.807) is 12.3 Å². The summed E-state index contributed by atoms with van der Waals surface area (Å²) in [5.41, 5.74) is 5.00. The first-order chi connectivity index (χ1) is 16.9. The van der Waals surface area contributed by atoms with Crippen LogP contribution in [-0.4, -0.2) is 30.2 Å². The molecule has 0 aromatic carbocycles. The van der Waals surface area contributed by atoms with Crippen LogP contribution in [0.3, 0.4) is 0 Å². The highest BCUT2D eigenvalue weighted by Crippen LogP contribution is 2.20. The van der Waals surface area contributed by atoms with Gasteiger partial charge < -0.3 is 5.32 Å². The van der Waals surface area contributed by atoms with Gasteiger partial charge in [0.15, 0.2) is 5.82 Å². The molecule has 1 N–H and O–H groups in total. The van der Waals surface area contributed by atoms with Crippen LogP contribution in [0.2, 0.25) is 0 Å². The summed E-state index contributed by atoms with van der Waals surface area (Å²) in [6.07, 6.45) is 5.56. The third kappa shape index (κ3) is 6.58. The zero-order valence-electron chi connectivity index (χ0n) is 19.1. The van der Waals surface area contributed by atoms with E-state index in [-0.39, 0.29) is 5.91 Å². The first kappa shape index (κ1) is 24.7. The van der Waals surface area contributed by atoms with E-state index in [1.165, 1.54) is 0 Å². The summed E-state index contributed by atoms with van der Waals surface area (Å²) in [6.45, 7) is 4.23. The van der Waals surface area contributed by atoms with E-state index in [0.717, 1.165) is 43.1 Å². The molecule has 7 nitrogen and oxygen atoms in total. The molecule has 0 fully saturated rings. The normalized spacial score (nSPS) is 10.5. The minimum atomic E-state index is -0.191. The van der Waals surface area contributed by atoms with E-state index >= 15 is 0 Å². The van der Waals surface area contributed by atoms with E-state index in [1.807, 2.05) is 85.2 Å². The second-order valence-electron chi connectivity index (χ2n) is 7.70. The predicted molar refractivity (Wildman–Crippen MR) is 143 cm³/mol. The summed E-state index contributed by atoms with van der Waals surface area (Å²) in [5.74, 6) is 0.674. The predicted octanol–water partition coefficient (Wildman–Crippen LogP) is 5.94. The molecule has 35 heavy (non-hydrogen) atoms.